The number of hydrogen-bond acceptors (Lipinski definition) is 3. The Hall–Kier alpha value is -1.51. The molecule has 0 aromatic heterocycles. The summed E-state index contributed by atoms with van der Waals surface area (Å²) in [5, 5.41) is 6.89. The number of carbonyl (C=O) groups excluding carboxylic acids is 1. The molecule has 1 amide bonds. The van der Waals surface area contributed by atoms with Crippen molar-refractivity contribution in [1.29, 1.82) is 0 Å². The van der Waals surface area contributed by atoms with E-state index in [-0.39, 0.29) is 36.5 Å². The van der Waals surface area contributed by atoms with Gasteiger partial charge < -0.3 is 20.3 Å². The zero-order valence-corrected chi connectivity index (χ0v) is 18.4. The number of amides is 1. The number of ether oxygens (including phenoxy) is 1. The summed E-state index contributed by atoms with van der Waals surface area (Å²) in [6.45, 7) is 4.40. The first-order valence-electron chi connectivity index (χ1n) is 9.85. The van der Waals surface area contributed by atoms with Crippen molar-refractivity contribution in [2.45, 2.75) is 51.5 Å². The summed E-state index contributed by atoms with van der Waals surface area (Å²) in [4.78, 5) is 18.7. The molecule has 6 nitrogen and oxygen atoms in total. The van der Waals surface area contributed by atoms with Gasteiger partial charge in [0.05, 0.1) is 5.69 Å². The third-order valence-corrected chi connectivity index (χ3v) is 4.91. The van der Waals surface area contributed by atoms with Gasteiger partial charge in [-0.05, 0) is 38.3 Å². The summed E-state index contributed by atoms with van der Waals surface area (Å²) < 4.78 is 5.49. The van der Waals surface area contributed by atoms with Crippen LogP contribution in [-0.4, -0.2) is 44.1 Å². The normalized spacial score (nSPS) is 17.6. The summed E-state index contributed by atoms with van der Waals surface area (Å²) in [7, 11) is 0. The lowest BCUT2D eigenvalue weighted by molar-refractivity contribution is -0.121. The van der Waals surface area contributed by atoms with Crippen LogP contribution in [0.4, 0.5) is 5.69 Å². The van der Waals surface area contributed by atoms with Crippen LogP contribution in [0.2, 0.25) is 0 Å². The zero-order valence-electron chi connectivity index (χ0n) is 16.1. The van der Waals surface area contributed by atoms with Gasteiger partial charge in [0.25, 0.3) is 5.91 Å². The van der Waals surface area contributed by atoms with E-state index < -0.39 is 0 Å². The molecule has 1 aliphatic carbocycles. The van der Waals surface area contributed by atoms with Crippen LogP contribution in [0.5, 0.6) is 5.75 Å². The number of rotatable bonds is 6. The molecule has 0 unspecified atom stereocenters. The second kappa shape index (κ2) is 11.4. The van der Waals surface area contributed by atoms with E-state index >= 15 is 0 Å². The van der Waals surface area contributed by atoms with Gasteiger partial charge in [-0.3, -0.25) is 9.79 Å². The topological polar surface area (TPSA) is 66.0 Å². The predicted octanol–water partition coefficient (Wildman–Crippen LogP) is 3.31. The molecule has 7 heteroatoms. The van der Waals surface area contributed by atoms with Gasteiger partial charge in [0.1, 0.15) is 5.75 Å². The molecular formula is C20H31IN4O2. The number of nitrogens with zero attached hydrogens (tertiary/aromatic N) is 2. The van der Waals surface area contributed by atoms with Crippen molar-refractivity contribution in [1.82, 2.24) is 10.6 Å². The van der Waals surface area contributed by atoms with E-state index in [0.29, 0.717) is 19.1 Å². The lowest BCUT2D eigenvalue weighted by Gasteiger charge is -2.29. The number of benzene rings is 1. The number of guanidine groups is 1. The van der Waals surface area contributed by atoms with Crippen LogP contribution in [-0.2, 0) is 4.79 Å². The first-order valence-corrected chi connectivity index (χ1v) is 9.85. The Labute approximate surface area is 179 Å². The van der Waals surface area contributed by atoms with E-state index in [1.165, 1.54) is 32.1 Å². The molecule has 2 N–H and O–H groups in total. The molecule has 1 heterocycles. The quantitative estimate of drug-likeness (QED) is 0.280. The van der Waals surface area contributed by atoms with E-state index in [4.69, 9.17) is 9.73 Å². The van der Waals surface area contributed by atoms with Crippen molar-refractivity contribution in [2.24, 2.45) is 4.99 Å². The fourth-order valence-corrected chi connectivity index (χ4v) is 3.58. The maximum absolute atomic E-state index is 12.2. The summed E-state index contributed by atoms with van der Waals surface area (Å²) in [5.41, 5.74) is 0.861. The molecule has 1 saturated carbocycles. The monoisotopic (exact) mass is 486 g/mol. The van der Waals surface area contributed by atoms with Gasteiger partial charge in [0.2, 0.25) is 0 Å². The minimum Gasteiger partial charge on any atom is -0.482 e. The SMILES string of the molecule is CCNC(=NCCCN1C(=O)COc2ccccc21)NC1CCCCC1.I. The fraction of sp³-hybridized carbons (Fsp3) is 0.600. The molecule has 2 aliphatic rings. The van der Waals surface area contributed by atoms with E-state index in [2.05, 4.69) is 17.6 Å². The van der Waals surface area contributed by atoms with E-state index in [1.54, 1.807) is 0 Å². The largest absolute Gasteiger partial charge is 0.482 e. The van der Waals surface area contributed by atoms with Gasteiger partial charge in [-0.2, -0.15) is 0 Å². The zero-order chi connectivity index (χ0) is 18.2. The Balaban J connectivity index is 0.00000261. The van der Waals surface area contributed by atoms with Crippen molar-refractivity contribution in [2.75, 3.05) is 31.1 Å². The first kappa shape index (κ1) is 21.8. The van der Waals surface area contributed by atoms with Crippen LogP contribution < -0.4 is 20.3 Å². The number of fused-ring (bicyclic) bond motifs is 1. The highest BCUT2D eigenvalue weighted by atomic mass is 127. The van der Waals surface area contributed by atoms with Crippen LogP contribution in [0.1, 0.15) is 45.4 Å². The van der Waals surface area contributed by atoms with Crippen LogP contribution in [0.15, 0.2) is 29.3 Å². The number of hydrogen-bond donors (Lipinski definition) is 2. The average Bonchev–Trinajstić information content (AvgIpc) is 2.67. The van der Waals surface area contributed by atoms with E-state index in [9.17, 15) is 4.79 Å². The molecule has 0 saturated heterocycles. The highest BCUT2D eigenvalue weighted by Crippen LogP contribution is 2.31. The molecule has 0 spiro atoms. The van der Waals surface area contributed by atoms with Crippen molar-refractivity contribution >= 4 is 41.5 Å². The number of aliphatic imine (C=N–C) groups is 1. The Kier molecular flexibility index (Phi) is 9.17. The van der Waals surface area contributed by atoms with Gasteiger partial charge in [0, 0.05) is 25.7 Å². The smallest absolute Gasteiger partial charge is 0.265 e. The molecule has 1 aromatic rings. The molecular weight excluding hydrogens is 455 g/mol. The highest BCUT2D eigenvalue weighted by Gasteiger charge is 2.24. The molecule has 27 heavy (non-hydrogen) atoms. The Bertz CT molecular complexity index is 632. The first-order chi connectivity index (χ1) is 12.8. The summed E-state index contributed by atoms with van der Waals surface area (Å²) in [6.07, 6.45) is 7.22. The molecule has 0 radical (unpaired) electrons. The van der Waals surface area contributed by atoms with Crippen molar-refractivity contribution in [3.63, 3.8) is 0 Å². The Morgan fingerprint density at radius 3 is 2.81 bits per heavy atom. The van der Waals surface area contributed by atoms with Crippen LogP contribution in [0.3, 0.4) is 0 Å². The molecule has 1 aromatic carbocycles. The van der Waals surface area contributed by atoms with Crippen LogP contribution in [0.25, 0.3) is 0 Å². The molecule has 0 bridgehead atoms. The molecule has 1 fully saturated rings. The third-order valence-electron chi connectivity index (χ3n) is 4.91. The molecule has 150 valence electrons. The maximum atomic E-state index is 12.2. The summed E-state index contributed by atoms with van der Waals surface area (Å²) in [5.74, 6) is 1.69. The standard InChI is InChI=1S/C20H30N4O2.HI/c1-2-21-20(23-16-9-4-3-5-10-16)22-13-8-14-24-17-11-6-7-12-18(17)26-15-19(24)25;/h6-7,11-12,16H,2-5,8-10,13-15H2,1H3,(H2,21,22,23);1H. The minimum absolute atomic E-state index is 0. The second-order valence-electron chi connectivity index (χ2n) is 6.90. The van der Waals surface area contributed by atoms with Gasteiger partial charge in [0.15, 0.2) is 12.6 Å². The van der Waals surface area contributed by atoms with E-state index in [0.717, 1.165) is 30.4 Å². The second-order valence-corrected chi connectivity index (χ2v) is 6.90. The number of halogens is 1. The molecule has 3 rings (SSSR count). The van der Waals surface area contributed by atoms with Crippen molar-refractivity contribution in [3.05, 3.63) is 24.3 Å². The van der Waals surface area contributed by atoms with Gasteiger partial charge >= 0.3 is 0 Å². The van der Waals surface area contributed by atoms with Gasteiger partial charge in [-0.1, -0.05) is 31.4 Å². The van der Waals surface area contributed by atoms with Crippen LogP contribution >= 0.6 is 24.0 Å². The maximum Gasteiger partial charge on any atom is 0.265 e. The van der Waals surface area contributed by atoms with Crippen molar-refractivity contribution in [3.8, 4) is 5.75 Å². The molecule has 0 atom stereocenters. The van der Waals surface area contributed by atoms with Crippen LogP contribution in [0, 0.1) is 0 Å². The van der Waals surface area contributed by atoms with E-state index in [1.807, 2.05) is 29.2 Å². The van der Waals surface area contributed by atoms with Crippen molar-refractivity contribution < 1.29 is 9.53 Å². The van der Waals surface area contributed by atoms with Gasteiger partial charge in [-0.15, -0.1) is 24.0 Å². The molecule has 1 aliphatic heterocycles. The average molecular weight is 486 g/mol. The minimum atomic E-state index is 0. The predicted molar refractivity (Wildman–Crippen MR) is 120 cm³/mol. The lowest BCUT2D eigenvalue weighted by atomic mass is 9.96. The third kappa shape index (κ3) is 6.26. The lowest BCUT2D eigenvalue weighted by Crippen LogP contribution is -2.44. The number of anilines is 1. The Morgan fingerprint density at radius 2 is 2.04 bits per heavy atom. The summed E-state index contributed by atoms with van der Waals surface area (Å²) in [6, 6.07) is 8.24. The fourth-order valence-electron chi connectivity index (χ4n) is 3.58. The number of carbonyl (C=O) groups is 1. The summed E-state index contributed by atoms with van der Waals surface area (Å²) >= 11 is 0. The Morgan fingerprint density at radius 1 is 1.26 bits per heavy atom. The highest BCUT2D eigenvalue weighted by molar-refractivity contribution is 14.0. The number of nitrogens with one attached hydrogen (secondary N) is 2. The number of para-hydroxylation sites is 2. The van der Waals surface area contributed by atoms with Gasteiger partial charge in [-0.25, -0.2) is 0 Å².